The number of Topliss-reactive ketones (excluding diaryl/α,β-unsaturated/α-hetero) is 1. The summed E-state index contributed by atoms with van der Waals surface area (Å²) in [5.41, 5.74) is 3.04. The number of rotatable bonds is 5. The third kappa shape index (κ3) is 3.17. The van der Waals surface area contributed by atoms with Crippen molar-refractivity contribution in [2.45, 2.75) is 25.2 Å². The summed E-state index contributed by atoms with van der Waals surface area (Å²) in [6.07, 6.45) is 0.290. The van der Waals surface area contributed by atoms with Crippen LogP contribution in [0.15, 0.2) is 83.8 Å². The Labute approximate surface area is 170 Å². The standard InChI is InChI=1S/C24H21NO3S/c1-3-22(26)23-20-11-7-8-12-21(20)25(24(23)18-9-5-4-6-10-18)29(27,28)19-15-13-17(2)14-16-19/h4-16H,3H2,1-2H3. The number of fused-ring (bicyclic) bond motifs is 1. The first-order chi connectivity index (χ1) is 13.9. The van der Waals surface area contributed by atoms with Crippen molar-refractivity contribution < 1.29 is 13.2 Å². The minimum Gasteiger partial charge on any atom is -0.294 e. The van der Waals surface area contributed by atoms with Gasteiger partial charge in [0.1, 0.15) is 0 Å². The molecule has 4 rings (SSSR count). The predicted octanol–water partition coefficient (Wildman–Crippen LogP) is 5.45. The van der Waals surface area contributed by atoms with Crippen LogP contribution in [0.25, 0.3) is 22.2 Å². The molecule has 0 unspecified atom stereocenters. The molecule has 4 aromatic rings. The summed E-state index contributed by atoms with van der Waals surface area (Å²) in [7, 11) is -3.92. The first-order valence-corrected chi connectivity index (χ1v) is 10.9. The van der Waals surface area contributed by atoms with Gasteiger partial charge in [-0.15, -0.1) is 0 Å². The number of carbonyl (C=O) groups is 1. The van der Waals surface area contributed by atoms with Crippen LogP contribution in [0, 0.1) is 6.92 Å². The molecule has 0 N–H and O–H groups in total. The van der Waals surface area contributed by atoms with Gasteiger partial charge >= 0.3 is 0 Å². The highest BCUT2D eigenvalue weighted by atomic mass is 32.2. The van der Waals surface area contributed by atoms with Crippen molar-refractivity contribution in [3.63, 3.8) is 0 Å². The van der Waals surface area contributed by atoms with Gasteiger partial charge in [0, 0.05) is 17.4 Å². The Balaban J connectivity index is 2.16. The Kier molecular flexibility index (Phi) is 4.84. The lowest BCUT2D eigenvalue weighted by atomic mass is 10.0. The first kappa shape index (κ1) is 19.2. The Bertz CT molecular complexity index is 1300. The zero-order valence-electron chi connectivity index (χ0n) is 16.3. The Morgan fingerprint density at radius 1 is 0.862 bits per heavy atom. The second kappa shape index (κ2) is 7.33. The average molecular weight is 404 g/mol. The van der Waals surface area contributed by atoms with Gasteiger partial charge in [-0.25, -0.2) is 12.4 Å². The topological polar surface area (TPSA) is 56.1 Å². The second-order valence-electron chi connectivity index (χ2n) is 6.97. The van der Waals surface area contributed by atoms with E-state index in [0.717, 1.165) is 5.56 Å². The van der Waals surface area contributed by atoms with Crippen molar-refractivity contribution in [2.75, 3.05) is 0 Å². The van der Waals surface area contributed by atoms with Crippen LogP contribution in [0.1, 0.15) is 29.3 Å². The van der Waals surface area contributed by atoms with E-state index in [9.17, 15) is 13.2 Å². The maximum Gasteiger partial charge on any atom is 0.268 e. The fraction of sp³-hybridized carbons (Fsp3) is 0.125. The molecule has 4 nitrogen and oxygen atoms in total. The maximum absolute atomic E-state index is 13.7. The highest BCUT2D eigenvalue weighted by Gasteiger charge is 2.29. The van der Waals surface area contributed by atoms with E-state index in [1.54, 1.807) is 43.3 Å². The van der Waals surface area contributed by atoms with Crippen molar-refractivity contribution in [3.8, 4) is 11.3 Å². The molecule has 0 spiro atoms. The van der Waals surface area contributed by atoms with Crippen LogP contribution in [0.3, 0.4) is 0 Å². The van der Waals surface area contributed by atoms with Gasteiger partial charge in [0.05, 0.1) is 21.7 Å². The average Bonchev–Trinajstić information content (AvgIpc) is 3.10. The minimum absolute atomic E-state index is 0.0853. The summed E-state index contributed by atoms with van der Waals surface area (Å²) < 4.78 is 28.8. The molecule has 5 heteroatoms. The number of hydrogen-bond donors (Lipinski definition) is 0. The summed E-state index contributed by atoms with van der Waals surface area (Å²) in [6, 6.07) is 23.2. The van der Waals surface area contributed by atoms with Gasteiger partial charge in [-0.3, -0.25) is 4.79 Å². The van der Waals surface area contributed by atoms with E-state index in [0.29, 0.717) is 34.1 Å². The molecule has 0 aliphatic rings. The third-order valence-electron chi connectivity index (χ3n) is 5.04. The molecule has 1 aromatic heterocycles. The smallest absolute Gasteiger partial charge is 0.268 e. The van der Waals surface area contributed by atoms with Crippen molar-refractivity contribution in [1.82, 2.24) is 3.97 Å². The quantitative estimate of drug-likeness (QED) is 0.417. The zero-order chi connectivity index (χ0) is 20.6. The SMILES string of the molecule is CCC(=O)c1c(-c2ccccc2)n(S(=O)(=O)c2ccc(C)cc2)c2ccccc12. The molecule has 29 heavy (non-hydrogen) atoms. The summed E-state index contributed by atoms with van der Waals surface area (Å²) >= 11 is 0. The van der Waals surface area contributed by atoms with E-state index < -0.39 is 10.0 Å². The van der Waals surface area contributed by atoms with E-state index in [1.807, 2.05) is 49.4 Å². The molecule has 0 saturated carbocycles. The lowest BCUT2D eigenvalue weighted by Gasteiger charge is -2.13. The molecule has 146 valence electrons. The highest BCUT2D eigenvalue weighted by Crippen LogP contribution is 2.37. The van der Waals surface area contributed by atoms with Crippen molar-refractivity contribution in [3.05, 3.63) is 90.0 Å². The number of benzene rings is 3. The second-order valence-corrected chi connectivity index (χ2v) is 8.75. The fourth-order valence-electron chi connectivity index (χ4n) is 3.59. The highest BCUT2D eigenvalue weighted by molar-refractivity contribution is 7.90. The maximum atomic E-state index is 13.7. The molecule has 0 amide bonds. The van der Waals surface area contributed by atoms with Gasteiger partial charge in [0.15, 0.2) is 5.78 Å². The number of nitrogens with zero attached hydrogens (tertiary/aromatic N) is 1. The lowest BCUT2D eigenvalue weighted by Crippen LogP contribution is -2.15. The van der Waals surface area contributed by atoms with Crippen LogP contribution >= 0.6 is 0 Å². The lowest BCUT2D eigenvalue weighted by molar-refractivity contribution is 0.0990. The van der Waals surface area contributed by atoms with Gasteiger partial charge in [-0.2, -0.15) is 0 Å². The number of hydrogen-bond acceptors (Lipinski definition) is 3. The number of para-hydroxylation sites is 1. The molecule has 0 aliphatic heterocycles. The molecule has 0 aliphatic carbocycles. The summed E-state index contributed by atoms with van der Waals surface area (Å²) in [4.78, 5) is 13.1. The van der Waals surface area contributed by atoms with Gasteiger partial charge in [-0.05, 0) is 25.1 Å². The van der Waals surface area contributed by atoms with E-state index in [2.05, 4.69) is 0 Å². The van der Waals surface area contributed by atoms with Crippen molar-refractivity contribution in [2.24, 2.45) is 0 Å². The molecule has 0 fully saturated rings. The monoisotopic (exact) mass is 403 g/mol. The normalized spacial score (nSPS) is 11.7. The van der Waals surface area contributed by atoms with Crippen LogP contribution in [-0.2, 0) is 10.0 Å². The molecular formula is C24H21NO3S. The first-order valence-electron chi connectivity index (χ1n) is 9.49. The van der Waals surface area contributed by atoms with Crippen LogP contribution in [0.2, 0.25) is 0 Å². The van der Waals surface area contributed by atoms with Gasteiger partial charge in [-0.1, -0.05) is 73.2 Å². The molecule has 0 bridgehead atoms. The third-order valence-corrected chi connectivity index (χ3v) is 6.77. The van der Waals surface area contributed by atoms with E-state index in [-0.39, 0.29) is 10.7 Å². The summed E-state index contributed by atoms with van der Waals surface area (Å²) in [5, 5.41) is 0.647. The molecule has 1 heterocycles. The number of aryl methyl sites for hydroxylation is 1. The number of carbonyl (C=O) groups excluding carboxylic acids is 1. The Morgan fingerprint density at radius 2 is 1.48 bits per heavy atom. The zero-order valence-corrected chi connectivity index (χ0v) is 17.1. The molecule has 0 radical (unpaired) electrons. The van der Waals surface area contributed by atoms with Crippen LogP contribution in [0.5, 0.6) is 0 Å². The molecule has 3 aromatic carbocycles. The largest absolute Gasteiger partial charge is 0.294 e. The van der Waals surface area contributed by atoms with E-state index >= 15 is 0 Å². The fourth-order valence-corrected chi connectivity index (χ4v) is 5.14. The molecular weight excluding hydrogens is 382 g/mol. The van der Waals surface area contributed by atoms with Crippen LogP contribution in [0.4, 0.5) is 0 Å². The van der Waals surface area contributed by atoms with Crippen molar-refractivity contribution >= 4 is 26.7 Å². The Hall–Kier alpha value is -3.18. The van der Waals surface area contributed by atoms with Gasteiger partial charge in [0.25, 0.3) is 10.0 Å². The summed E-state index contributed by atoms with van der Waals surface area (Å²) in [5.74, 6) is -0.0853. The predicted molar refractivity (Wildman–Crippen MR) is 116 cm³/mol. The minimum atomic E-state index is -3.92. The van der Waals surface area contributed by atoms with Gasteiger partial charge in [0.2, 0.25) is 0 Å². The molecule has 0 atom stereocenters. The number of aromatic nitrogens is 1. The van der Waals surface area contributed by atoms with E-state index in [1.165, 1.54) is 3.97 Å². The van der Waals surface area contributed by atoms with Crippen LogP contribution < -0.4 is 0 Å². The molecule has 0 saturated heterocycles. The Morgan fingerprint density at radius 3 is 2.14 bits per heavy atom. The van der Waals surface area contributed by atoms with Crippen molar-refractivity contribution in [1.29, 1.82) is 0 Å². The van der Waals surface area contributed by atoms with Crippen LogP contribution in [-0.4, -0.2) is 18.2 Å². The number of ketones is 1. The van der Waals surface area contributed by atoms with E-state index in [4.69, 9.17) is 0 Å². The van der Waals surface area contributed by atoms with Gasteiger partial charge < -0.3 is 0 Å². The summed E-state index contributed by atoms with van der Waals surface area (Å²) in [6.45, 7) is 3.70.